The van der Waals surface area contributed by atoms with Crippen LogP contribution in [0.1, 0.15) is 42.4 Å². The summed E-state index contributed by atoms with van der Waals surface area (Å²) < 4.78 is 0. The van der Waals surface area contributed by atoms with Gasteiger partial charge in [-0.25, -0.2) is 0 Å². The normalized spacial score (nSPS) is 12.2. The van der Waals surface area contributed by atoms with Crippen molar-refractivity contribution in [3.63, 3.8) is 0 Å². The van der Waals surface area contributed by atoms with Gasteiger partial charge in [0, 0.05) is 11.2 Å². The highest BCUT2D eigenvalue weighted by Crippen LogP contribution is 2.21. The van der Waals surface area contributed by atoms with Crippen LogP contribution in [0.2, 0.25) is 5.02 Å². The number of aromatic nitrogens is 1. The Bertz CT molecular complexity index is 599. The summed E-state index contributed by atoms with van der Waals surface area (Å²) in [6, 6.07) is 13.2. The van der Waals surface area contributed by atoms with Crippen LogP contribution < -0.4 is 5.32 Å². The Hall–Kier alpha value is -1.87. The van der Waals surface area contributed by atoms with E-state index in [9.17, 15) is 4.79 Å². The Labute approximate surface area is 130 Å². The summed E-state index contributed by atoms with van der Waals surface area (Å²) >= 11 is 5.91. The van der Waals surface area contributed by atoms with Gasteiger partial charge in [0.25, 0.3) is 5.91 Å². The number of carbonyl (C=O) groups is 1. The Balaban J connectivity index is 2.17. The molecule has 21 heavy (non-hydrogen) atoms. The average Bonchev–Trinajstić information content (AvgIpc) is 2.47. The zero-order chi connectivity index (χ0) is 15.2. The van der Waals surface area contributed by atoms with E-state index in [1.54, 1.807) is 12.1 Å². The van der Waals surface area contributed by atoms with Gasteiger partial charge in [-0.1, -0.05) is 55.8 Å². The van der Waals surface area contributed by atoms with Crippen molar-refractivity contribution in [3.05, 3.63) is 64.9 Å². The number of hydrogen-bond donors (Lipinski definition) is 1. The molecule has 110 valence electrons. The molecule has 4 heteroatoms. The van der Waals surface area contributed by atoms with Crippen LogP contribution in [-0.4, -0.2) is 10.9 Å². The summed E-state index contributed by atoms with van der Waals surface area (Å²) in [6.45, 7) is 4.28. The van der Waals surface area contributed by atoms with Crippen molar-refractivity contribution < 1.29 is 4.79 Å². The minimum Gasteiger partial charge on any atom is -0.344 e. The molecule has 1 unspecified atom stereocenters. The fraction of sp³-hybridized carbons (Fsp3) is 0.294. The van der Waals surface area contributed by atoms with E-state index in [-0.39, 0.29) is 11.9 Å². The third kappa shape index (κ3) is 4.57. The minimum atomic E-state index is -0.202. The summed E-state index contributed by atoms with van der Waals surface area (Å²) in [5.41, 5.74) is 1.44. The van der Waals surface area contributed by atoms with Gasteiger partial charge in [0.05, 0.1) is 6.04 Å². The maximum Gasteiger partial charge on any atom is 0.270 e. The SMILES string of the molecule is CC(C)CC(NC(=O)c1cc(Cl)ccn1)c1ccccc1. The average molecular weight is 303 g/mol. The lowest BCUT2D eigenvalue weighted by Gasteiger charge is -2.21. The van der Waals surface area contributed by atoms with Crippen LogP contribution in [0.5, 0.6) is 0 Å². The second kappa shape index (κ2) is 7.23. The predicted molar refractivity (Wildman–Crippen MR) is 85.4 cm³/mol. The van der Waals surface area contributed by atoms with Gasteiger partial charge in [0.1, 0.15) is 5.69 Å². The number of halogens is 1. The van der Waals surface area contributed by atoms with E-state index in [1.165, 1.54) is 6.20 Å². The maximum atomic E-state index is 12.3. The van der Waals surface area contributed by atoms with Crippen molar-refractivity contribution in [2.75, 3.05) is 0 Å². The molecule has 1 aromatic heterocycles. The first-order valence-electron chi connectivity index (χ1n) is 7.03. The summed E-state index contributed by atoms with van der Waals surface area (Å²) in [5, 5.41) is 3.56. The van der Waals surface area contributed by atoms with Crippen molar-refractivity contribution in [1.82, 2.24) is 10.3 Å². The van der Waals surface area contributed by atoms with Crippen LogP contribution >= 0.6 is 11.6 Å². The van der Waals surface area contributed by atoms with Crippen LogP contribution in [-0.2, 0) is 0 Å². The molecular formula is C17H19ClN2O. The number of benzene rings is 1. The Morgan fingerprint density at radius 2 is 1.95 bits per heavy atom. The van der Waals surface area contributed by atoms with Gasteiger partial charge in [0.2, 0.25) is 0 Å². The summed E-state index contributed by atoms with van der Waals surface area (Å²) in [7, 11) is 0. The number of amides is 1. The molecule has 0 radical (unpaired) electrons. The van der Waals surface area contributed by atoms with E-state index in [2.05, 4.69) is 24.1 Å². The van der Waals surface area contributed by atoms with E-state index in [0.717, 1.165) is 12.0 Å². The lowest BCUT2D eigenvalue weighted by atomic mass is 9.97. The Kier molecular flexibility index (Phi) is 5.34. The number of nitrogens with zero attached hydrogens (tertiary/aromatic N) is 1. The zero-order valence-corrected chi connectivity index (χ0v) is 13.0. The fourth-order valence-corrected chi connectivity index (χ4v) is 2.36. The molecule has 0 spiro atoms. The van der Waals surface area contributed by atoms with Crippen molar-refractivity contribution >= 4 is 17.5 Å². The Morgan fingerprint density at radius 3 is 2.57 bits per heavy atom. The predicted octanol–water partition coefficient (Wildman–Crippen LogP) is 4.25. The van der Waals surface area contributed by atoms with E-state index in [0.29, 0.717) is 16.6 Å². The molecule has 0 bridgehead atoms. The molecule has 1 N–H and O–H groups in total. The van der Waals surface area contributed by atoms with Crippen LogP contribution in [0.4, 0.5) is 0 Å². The summed E-state index contributed by atoms with van der Waals surface area (Å²) in [6.07, 6.45) is 2.41. The third-order valence-electron chi connectivity index (χ3n) is 3.17. The molecule has 0 fully saturated rings. The van der Waals surface area contributed by atoms with Gasteiger partial charge in [0.15, 0.2) is 0 Å². The third-order valence-corrected chi connectivity index (χ3v) is 3.40. The first-order valence-corrected chi connectivity index (χ1v) is 7.41. The van der Waals surface area contributed by atoms with E-state index in [1.807, 2.05) is 30.3 Å². The van der Waals surface area contributed by atoms with E-state index in [4.69, 9.17) is 11.6 Å². The van der Waals surface area contributed by atoms with Gasteiger partial charge in [-0.2, -0.15) is 0 Å². The topological polar surface area (TPSA) is 42.0 Å². The lowest BCUT2D eigenvalue weighted by molar-refractivity contribution is 0.0927. The molecule has 3 nitrogen and oxygen atoms in total. The minimum absolute atomic E-state index is 0.0283. The van der Waals surface area contributed by atoms with Crippen LogP contribution in [0.3, 0.4) is 0 Å². The highest BCUT2D eigenvalue weighted by molar-refractivity contribution is 6.30. The van der Waals surface area contributed by atoms with Crippen LogP contribution in [0, 0.1) is 5.92 Å². The smallest absolute Gasteiger partial charge is 0.270 e. The molecule has 1 heterocycles. The van der Waals surface area contributed by atoms with Gasteiger partial charge >= 0.3 is 0 Å². The van der Waals surface area contributed by atoms with Crippen molar-refractivity contribution in [3.8, 4) is 0 Å². The quantitative estimate of drug-likeness (QED) is 0.897. The molecule has 0 aliphatic heterocycles. The second-order valence-electron chi connectivity index (χ2n) is 5.43. The van der Waals surface area contributed by atoms with Gasteiger partial charge in [-0.05, 0) is 30.0 Å². The van der Waals surface area contributed by atoms with Crippen LogP contribution in [0.25, 0.3) is 0 Å². The molecule has 2 aromatic rings. The van der Waals surface area contributed by atoms with Crippen molar-refractivity contribution in [2.45, 2.75) is 26.3 Å². The second-order valence-corrected chi connectivity index (χ2v) is 5.86. The summed E-state index contributed by atoms with van der Waals surface area (Å²) in [5.74, 6) is 0.273. The molecule has 0 aliphatic carbocycles. The Morgan fingerprint density at radius 1 is 1.24 bits per heavy atom. The molecule has 0 aliphatic rings. The highest BCUT2D eigenvalue weighted by atomic mass is 35.5. The first-order chi connectivity index (χ1) is 10.1. The molecule has 0 saturated heterocycles. The number of nitrogens with one attached hydrogen (secondary N) is 1. The standard InChI is InChI=1S/C17H19ClN2O/c1-12(2)10-15(13-6-4-3-5-7-13)20-17(21)16-11-14(18)8-9-19-16/h3-9,11-12,15H,10H2,1-2H3,(H,20,21). The van der Waals surface area contributed by atoms with Crippen molar-refractivity contribution in [1.29, 1.82) is 0 Å². The van der Waals surface area contributed by atoms with Gasteiger partial charge < -0.3 is 5.32 Å². The molecular weight excluding hydrogens is 284 g/mol. The largest absolute Gasteiger partial charge is 0.344 e. The molecule has 1 amide bonds. The number of pyridine rings is 1. The maximum absolute atomic E-state index is 12.3. The number of rotatable bonds is 5. The first kappa shape index (κ1) is 15.5. The fourth-order valence-electron chi connectivity index (χ4n) is 2.20. The number of hydrogen-bond acceptors (Lipinski definition) is 2. The van der Waals surface area contributed by atoms with Gasteiger partial charge in [-0.15, -0.1) is 0 Å². The highest BCUT2D eigenvalue weighted by Gasteiger charge is 2.17. The monoisotopic (exact) mass is 302 g/mol. The lowest BCUT2D eigenvalue weighted by Crippen LogP contribution is -2.30. The summed E-state index contributed by atoms with van der Waals surface area (Å²) in [4.78, 5) is 16.4. The number of carbonyl (C=O) groups excluding carboxylic acids is 1. The molecule has 2 rings (SSSR count). The van der Waals surface area contributed by atoms with E-state index >= 15 is 0 Å². The molecule has 1 aromatic carbocycles. The van der Waals surface area contributed by atoms with E-state index < -0.39 is 0 Å². The van der Waals surface area contributed by atoms with Crippen LogP contribution in [0.15, 0.2) is 48.7 Å². The molecule has 0 saturated carbocycles. The van der Waals surface area contributed by atoms with Crippen molar-refractivity contribution in [2.24, 2.45) is 5.92 Å². The molecule has 1 atom stereocenters. The van der Waals surface area contributed by atoms with Gasteiger partial charge in [-0.3, -0.25) is 9.78 Å². The zero-order valence-electron chi connectivity index (χ0n) is 12.2.